The topological polar surface area (TPSA) is 17.1 Å². The van der Waals surface area contributed by atoms with Crippen LogP contribution in [0.4, 0.5) is 0 Å². The maximum absolute atomic E-state index is 11.9. The molecule has 2 aromatic carbocycles. The molecule has 0 N–H and O–H groups in total. The van der Waals surface area contributed by atoms with Gasteiger partial charge in [-0.3, -0.25) is 4.79 Å². The Bertz CT molecular complexity index is 522. The second kappa shape index (κ2) is 5.71. The van der Waals surface area contributed by atoms with Crippen molar-refractivity contribution in [2.75, 3.05) is 0 Å². The molecule has 0 fully saturated rings. The summed E-state index contributed by atoms with van der Waals surface area (Å²) in [5.74, 6) is 0. The number of hydrogen-bond donors (Lipinski definition) is 0. The van der Waals surface area contributed by atoms with Gasteiger partial charge in [-0.2, -0.15) is 0 Å². The number of hydrogen-bond acceptors (Lipinski definition) is 2. The summed E-state index contributed by atoms with van der Waals surface area (Å²) in [4.78, 5) is 12.8. The van der Waals surface area contributed by atoms with E-state index in [0.29, 0.717) is 10.6 Å². The summed E-state index contributed by atoms with van der Waals surface area (Å²) in [6.07, 6.45) is 0. The third kappa shape index (κ3) is 3.60. The molecule has 0 saturated carbocycles. The summed E-state index contributed by atoms with van der Waals surface area (Å²) < 4.78 is 0.963. The fraction of sp³-hybridized carbons (Fsp3) is 0. The van der Waals surface area contributed by atoms with E-state index in [-0.39, 0.29) is 5.12 Å². The van der Waals surface area contributed by atoms with Crippen LogP contribution in [0.2, 0.25) is 5.02 Å². The Morgan fingerprint density at radius 3 is 2.18 bits per heavy atom. The van der Waals surface area contributed by atoms with Crippen molar-refractivity contribution in [3.05, 3.63) is 63.6 Å². The zero-order chi connectivity index (χ0) is 12.3. The lowest BCUT2D eigenvalue weighted by molar-refractivity contribution is 0.108. The molecule has 0 heterocycles. The Hall–Kier alpha value is -0.770. The quantitative estimate of drug-likeness (QED) is 0.719. The van der Waals surface area contributed by atoms with Crippen molar-refractivity contribution in [3.63, 3.8) is 0 Å². The highest BCUT2D eigenvalue weighted by molar-refractivity contribution is 9.10. The Kier molecular flexibility index (Phi) is 4.26. The van der Waals surface area contributed by atoms with Gasteiger partial charge in [0.25, 0.3) is 0 Å². The van der Waals surface area contributed by atoms with Gasteiger partial charge in [-0.25, -0.2) is 0 Å². The Morgan fingerprint density at radius 2 is 1.59 bits per heavy atom. The molecule has 1 nitrogen and oxygen atoms in total. The monoisotopic (exact) mass is 326 g/mol. The minimum absolute atomic E-state index is 0.0276. The van der Waals surface area contributed by atoms with E-state index in [0.717, 1.165) is 9.37 Å². The molecule has 0 unspecified atom stereocenters. The first kappa shape index (κ1) is 12.7. The molecular weight excluding hydrogens is 320 g/mol. The summed E-state index contributed by atoms with van der Waals surface area (Å²) >= 11 is 10.3. The van der Waals surface area contributed by atoms with Crippen LogP contribution in [-0.4, -0.2) is 5.12 Å². The molecular formula is C13H8BrClOS. The summed E-state index contributed by atoms with van der Waals surface area (Å²) in [6.45, 7) is 0. The van der Waals surface area contributed by atoms with E-state index in [1.807, 2.05) is 24.3 Å². The van der Waals surface area contributed by atoms with Crippen molar-refractivity contribution < 1.29 is 4.79 Å². The molecule has 2 aromatic rings. The predicted molar refractivity (Wildman–Crippen MR) is 75.8 cm³/mol. The van der Waals surface area contributed by atoms with E-state index in [2.05, 4.69) is 15.9 Å². The molecule has 0 spiro atoms. The number of benzene rings is 2. The molecule has 86 valence electrons. The maximum Gasteiger partial charge on any atom is 0.224 e. The molecule has 0 aliphatic heterocycles. The van der Waals surface area contributed by atoms with Gasteiger partial charge in [-0.15, -0.1) is 0 Å². The van der Waals surface area contributed by atoms with Gasteiger partial charge in [0.15, 0.2) is 0 Å². The van der Waals surface area contributed by atoms with Gasteiger partial charge in [0, 0.05) is 20.0 Å². The molecule has 0 aromatic heterocycles. The average molecular weight is 328 g/mol. The predicted octanol–water partition coefficient (Wildman–Crippen LogP) is 5.04. The van der Waals surface area contributed by atoms with Crippen LogP contribution in [0.25, 0.3) is 0 Å². The Balaban J connectivity index is 2.11. The second-order valence-electron chi connectivity index (χ2n) is 3.35. The highest BCUT2D eigenvalue weighted by Gasteiger charge is 2.07. The molecule has 4 heteroatoms. The second-order valence-corrected chi connectivity index (χ2v) is 5.75. The van der Waals surface area contributed by atoms with E-state index >= 15 is 0 Å². The lowest BCUT2D eigenvalue weighted by Crippen LogP contribution is -1.92. The Labute approximate surface area is 117 Å². The number of rotatable bonds is 2. The largest absolute Gasteiger partial charge is 0.281 e. The van der Waals surface area contributed by atoms with Gasteiger partial charge >= 0.3 is 0 Å². The zero-order valence-corrected chi connectivity index (χ0v) is 11.8. The van der Waals surface area contributed by atoms with Gasteiger partial charge in [0.05, 0.1) is 0 Å². The fourth-order valence-electron chi connectivity index (χ4n) is 1.25. The van der Waals surface area contributed by atoms with Crippen LogP contribution in [0.1, 0.15) is 10.4 Å². The Morgan fingerprint density at radius 1 is 1.00 bits per heavy atom. The van der Waals surface area contributed by atoms with Crippen molar-refractivity contribution >= 4 is 44.4 Å². The van der Waals surface area contributed by atoms with Crippen LogP contribution < -0.4 is 0 Å². The number of halogens is 2. The van der Waals surface area contributed by atoms with Crippen LogP contribution in [0, 0.1) is 0 Å². The first-order valence-corrected chi connectivity index (χ1v) is 6.87. The third-order valence-corrected chi connectivity index (χ3v) is 3.81. The van der Waals surface area contributed by atoms with Crippen LogP contribution in [0.15, 0.2) is 57.9 Å². The molecule has 17 heavy (non-hydrogen) atoms. The van der Waals surface area contributed by atoms with Crippen LogP contribution in [0.5, 0.6) is 0 Å². The van der Waals surface area contributed by atoms with Gasteiger partial charge in [-0.05, 0) is 60.3 Å². The fourth-order valence-corrected chi connectivity index (χ4v) is 2.39. The van der Waals surface area contributed by atoms with Crippen molar-refractivity contribution in [2.45, 2.75) is 4.90 Å². The third-order valence-electron chi connectivity index (χ3n) is 2.10. The number of carbonyl (C=O) groups is 1. The zero-order valence-electron chi connectivity index (χ0n) is 8.69. The van der Waals surface area contributed by atoms with Crippen molar-refractivity contribution in [2.24, 2.45) is 0 Å². The molecule has 0 bridgehead atoms. The summed E-state index contributed by atoms with van der Waals surface area (Å²) in [5, 5.41) is 0.699. The van der Waals surface area contributed by atoms with Crippen molar-refractivity contribution in [1.82, 2.24) is 0 Å². The van der Waals surface area contributed by atoms with Gasteiger partial charge in [0.2, 0.25) is 5.12 Å². The lowest BCUT2D eigenvalue weighted by Gasteiger charge is -2.01. The molecule has 0 aliphatic rings. The van der Waals surface area contributed by atoms with E-state index in [1.165, 1.54) is 11.8 Å². The minimum Gasteiger partial charge on any atom is -0.281 e. The highest BCUT2D eigenvalue weighted by Crippen LogP contribution is 2.24. The minimum atomic E-state index is 0.0276. The van der Waals surface area contributed by atoms with Crippen LogP contribution in [0.3, 0.4) is 0 Å². The van der Waals surface area contributed by atoms with Crippen LogP contribution in [-0.2, 0) is 0 Å². The lowest BCUT2D eigenvalue weighted by atomic mass is 10.2. The van der Waals surface area contributed by atoms with E-state index < -0.39 is 0 Å². The van der Waals surface area contributed by atoms with Gasteiger partial charge in [0.1, 0.15) is 0 Å². The molecule has 0 amide bonds. The number of carbonyl (C=O) groups excluding carboxylic acids is 1. The highest BCUT2D eigenvalue weighted by atomic mass is 79.9. The van der Waals surface area contributed by atoms with Crippen LogP contribution >= 0.6 is 39.3 Å². The normalized spacial score (nSPS) is 10.2. The average Bonchev–Trinajstić information content (AvgIpc) is 2.33. The summed E-state index contributed by atoms with van der Waals surface area (Å²) in [7, 11) is 0. The van der Waals surface area contributed by atoms with Gasteiger partial charge in [-0.1, -0.05) is 27.5 Å². The van der Waals surface area contributed by atoms with Crippen molar-refractivity contribution in [1.29, 1.82) is 0 Å². The summed E-state index contributed by atoms with van der Waals surface area (Å²) in [5.41, 5.74) is 0.688. The SMILES string of the molecule is O=C(Sc1ccc(Cl)cc1)c1ccc(Br)cc1. The first-order chi connectivity index (χ1) is 8.15. The van der Waals surface area contributed by atoms with E-state index in [1.54, 1.807) is 24.3 Å². The van der Waals surface area contributed by atoms with Gasteiger partial charge < -0.3 is 0 Å². The maximum atomic E-state index is 11.9. The van der Waals surface area contributed by atoms with E-state index in [4.69, 9.17) is 11.6 Å². The molecule has 0 atom stereocenters. The molecule has 2 rings (SSSR count). The van der Waals surface area contributed by atoms with E-state index in [9.17, 15) is 4.79 Å². The number of thioether (sulfide) groups is 1. The molecule has 0 radical (unpaired) electrons. The van der Waals surface area contributed by atoms with Crippen molar-refractivity contribution in [3.8, 4) is 0 Å². The molecule has 0 saturated heterocycles. The molecule has 0 aliphatic carbocycles. The smallest absolute Gasteiger partial charge is 0.224 e. The standard InChI is InChI=1S/C13H8BrClOS/c14-10-3-1-9(2-4-10)13(16)17-12-7-5-11(15)6-8-12/h1-8H. The first-order valence-electron chi connectivity index (χ1n) is 4.88. The summed E-state index contributed by atoms with van der Waals surface area (Å²) in [6, 6.07) is 14.5.